The number of anilines is 1. The predicted molar refractivity (Wildman–Crippen MR) is 128 cm³/mol. The molecule has 0 bridgehead atoms. The van der Waals surface area contributed by atoms with Crippen LogP contribution in [0.3, 0.4) is 0 Å². The maximum Gasteiger partial charge on any atom is 0.270 e. The molecule has 0 aliphatic carbocycles. The summed E-state index contributed by atoms with van der Waals surface area (Å²) >= 11 is 5.26. The van der Waals surface area contributed by atoms with E-state index in [1.165, 1.54) is 11.0 Å². The van der Waals surface area contributed by atoms with Crippen LogP contribution in [0.2, 0.25) is 0 Å². The Morgan fingerprint density at radius 1 is 0.969 bits per heavy atom. The van der Waals surface area contributed by atoms with Crippen LogP contribution in [0.15, 0.2) is 84.4 Å². The number of nitrogens with zero attached hydrogens (tertiary/aromatic N) is 1. The fraction of sp³-hybridized carbons (Fsp3) is 0.0400. The maximum atomic E-state index is 13.2. The molecule has 0 unspecified atom stereocenters. The number of amides is 2. The molecule has 1 heterocycles. The second kappa shape index (κ2) is 8.95. The summed E-state index contributed by atoms with van der Waals surface area (Å²) < 4.78 is 5.79. The molecule has 2 amide bonds. The maximum absolute atomic E-state index is 13.2. The van der Waals surface area contributed by atoms with Crippen LogP contribution in [-0.2, 0) is 9.59 Å². The van der Waals surface area contributed by atoms with Crippen LogP contribution in [0, 0.1) is 5.41 Å². The highest BCUT2D eigenvalue weighted by molar-refractivity contribution is 7.80. The number of benzene rings is 3. The van der Waals surface area contributed by atoms with Gasteiger partial charge in [-0.05, 0) is 78.8 Å². The lowest BCUT2D eigenvalue weighted by Crippen LogP contribution is -2.54. The predicted octanol–water partition coefficient (Wildman–Crippen LogP) is 4.70. The Balaban J connectivity index is 1.61. The van der Waals surface area contributed by atoms with E-state index in [2.05, 4.69) is 5.32 Å². The zero-order chi connectivity index (χ0) is 22.7. The highest BCUT2D eigenvalue weighted by Gasteiger charge is 2.34. The second-order valence-electron chi connectivity index (χ2n) is 7.12. The molecule has 32 heavy (non-hydrogen) atoms. The molecule has 6 nitrogen and oxygen atoms in total. The molecular formula is C25H19N3O3S. The summed E-state index contributed by atoms with van der Waals surface area (Å²) in [5.74, 6) is 0.225. The highest BCUT2D eigenvalue weighted by atomic mass is 32.1. The van der Waals surface area contributed by atoms with Gasteiger partial charge in [0.1, 0.15) is 17.1 Å². The Bertz CT molecular complexity index is 1250. The monoisotopic (exact) mass is 441 g/mol. The molecular weight excluding hydrogens is 422 g/mol. The van der Waals surface area contributed by atoms with Gasteiger partial charge in [0, 0.05) is 5.71 Å². The van der Waals surface area contributed by atoms with Gasteiger partial charge in [-0.2, -0.15) is 0 Å². The molecule has 1 aliphatic rings. The standard InChI is InChI=1S/C25H19N3O3S/c1-16(26)18-7-5-6-17(14-18)15-22-23(29)27-25(32)28(24(22)30)19-10-12-21(13-11-19)31-20-8-3-2-4-9-20/h2-15,26H,1H3,(H,27,29,32). The zero-order valence-electron chi connectivity index (χ0n) is 17.2. The number of carbonyl (C=O) groups is 2. The van der Waals surface area contributed by atoms with Crippen molar-refractivity contribution in [3.63, 3.8) is 0 Å². The normalized spacial score (nSPS) is 15.0. The number of hydrogen-bond donors (Lipinski definition) is 2. The van der Waals surface area contributed by atoms with Crippen molar-refractivity contribution in [3.8, 4) is 11.5 Å². The van der Waals surface area contributed by atoms with Gasteiger partial charge in [-0.3, -0.25) is 19.8 Å². The van der Waals surface area contributed by atoms with Crippen LogP contribution >= 0.6 is 12.2 Å². The van der Waals surface area contributed by atoms with Crippen LogP contribution in [0.4, 0.5) is 5.69 Å². The minimum absolute atomic E-state index is 0.0120. The van der Waals surface area contributed by atoms with E-state index in [4.69, 9.17) is 22.4 Å². The fourth-order valence-electron chi connectivity index (χ4n) is 3.21. The summed E-state index contributed by atoms with van der Waals surface area (Å²) in [6, 6.07) is 23.3. The minimum Gasteiger partial charge on any atom is -0.457 e. The Hall–Kier alpha value is -4.10. The van der Waals surface area contributed by atoms with Crippen LogP contribution in [0.5, 0.6) is 11.5 Å². The smallest absolute Gasteiger partial charge is 0.270 e. The van der Waals surface area contributed by atoms with Crippen LogP contribution in [0.25, 0.3) is 6.08 Å². The van der Waals surface area contributed by atoms with Crippen molar-refractivity contribution < 1.29 is 14.3 Å². The van der Waals surface area contributed by atoms with Crippen molar-refractivity contribution in [1.82, 2.24) is 5.32 Å². The molecule has 0 atom stereocenters. The van der Waals surface area contributed by atoms with Crippen molar-refractivity contribution in [1.29, 1.82) is 5.41 Å². The van der Waals surface area contributed by atoms with E-state index >= 15 is 0 Å². The fourth-order valence-corrected chi connectivity index (χ4v) is 3.49. The van der Waals surface area contributed by atoms with E-state index in [9.17, 15) is 9.59 Å². The van der Waals surface area contributed by atoms with E-state index in [1.54, 1.807) is 55.5 Å². The third kappa shape index (κ3) is 4.48. The third-order valence-corrected chi connectivity index (χ3v) is 5.09. The summed E-state index contributed by atoms with van der Waals surface area (Å²) in [6.07, 6.45) is 1.51. The molecule has 1 aliphatic heterocycles. The number of para-hydroxylation sites is 1. The van der Waals surface area contributed by atoms with Crippen LogP contribution in [0.1, 0.15) is 18.1 Å². The quantitative estimate of drug-likeness (QED) is 0.260. The first-order valence-corrected chi connectivity index (χ1v) is 10.2. The summed E-state index contributed by atoms with van der Waals surface area (Å²) in [5.41, 5.74) is 2.22. The minimum atomic E-state index is -0.558. The zero-order valence-corrected chi connectivity index (χ0v) is 18.0. The van der Waals surface area contributed by atoms with Gasteiger partial charge < -0.3 is 10.1 Å². The summed E-state index contributed by atoms with van der Waals surface area (Å²) in [5, 5.41) is 10.4. The van der Waals surface area contributed by atoms with Gasteiger partial charge in [-0.15, -0.1) is 0 Å². The van der Waals surface area contributed by atoms with Crippen molar-refractivity contribution in [2.75, 3.05) is 4.90 Å². The lowest BCUT2D eigenvalue weighted by atomic mass is 10.0. The molecule has 1 saturated heterocycles. The number of carbonyl (C=O) groups excluding carboxylic acids is 2. The highest BCUT2D eigenvalue weighted by Crippen LogP contribution is 2.27. The Labute approximate surface area is 190 Å². The summed E-state index contributed by atoms with van der Waals surface area (Å²) in [7, 11) is 0. The van der Waals surface area contributed by atoms with Gasteiger partial charge in [0.05, 0.1) is 5.69 Å². The van der Waals surface area contributed by atoms with Crippen molar-refractivity contribution in [2.24, 2.45) is 0 Å². The van der Waals surface area contributed by atoms with E-state index in [1.807, 2.05) is 30.3 Å². The van der Waals surface area contributed by atoms with Crippen LogP contribution < -0.4 is 15.0 Å². The molecule has 0 radical (unpaired) electrons. The van der Waals surface area contributed by atoms with Gasteiger partial charge in [0.2, 0.25) is 0 Å². The lowest BCUT2D eigenvalue weighted by molar-refractivity contribution is -0.122. The van der Waals surface area contributed by atoms with Gasteiger partial charge in [0.25, 0.3) is 11.8 Å². The largest absolute Gasteiger partial charge is 0.457 e. The molecule has 0 spiro atoms. The van der Waals surface area contributed by atoms with E-state index in [0.717, 1.165) is 0 Å². The van der Waals surface area contributed by atoms with E-state index in [-0.39, 0.29) is 10.7 Å². The van der Waals surface area contributed by atoms with Crippen molar-refractivity contribution in [2.45, 2.75) is 6.92 Å². The molecule has 4 rings (SSSR count). The number of ether oxygens (including phenoxy) is 1. The van der Waals surface area contributed by atoms with Gasteiger partial charge in [-0.1, -0.05) is 36.4 Å². The molecule has 2 N–H and O–H groups in total. The second-order valence-corrected chi connectivity index (χ2v) is 7.50. The molecule has 0 aromatic heterocycles. The van der Waals surface area contributed by atoms with E-state index in [0.29, 0.717) is 34.0 Å². The van der Waals surface area contributed by atoms with E-state index < -0.39 is 11.8 Å². The van der Waals surface area contributed by atoms with Gasteiger partial charge in [-0.25, -0.2) is 0 Å². The van der Waals surface area contributed by atoms with Crippen LogP contribution in [-0.4, -0.2) is 22.6 Å². The summed E-state index contributed by atoms with van der Waals surface area (Å²) in [4.78, 5) is 27.0. The topological polar surface area (TPSA) is 82.5 Å². The Morgan fingerprint density at radius 3 is 2.34 bits per heavy atom. The number of thiocarbonyl (C=S) groups is 1. The molecule has 3 aromatic carbocycles. The Kier molecular flexibility index (Phi) is 5.91. The molecule has 3 aromatic rings. The average Bonchev–Trinajstić information content (AvgIpc) is 2.78. The Morgan fingerprint density at radius 2 is 1.66 bits per heavy atom. The first kappa shape index (κ1) is 21.1. The van der Waals surface area contributed by atoms with Crippen molar-refractivity contribution in [3.05, 3.63) is 95.6 Å². The van der Waals surface area contributed by atoms with Gasteiger partial charge >= 0.3 is 0 Å². The number of hydrogen-bond acceptors (Lipinski definition) is 5. The average molecular weight is 442 g/mol. The molecule has 7 heteroatoms. The molecule has 158 valence electrons. The SMILES string of the molecule is CC(=N)c1cccc(C=C2C(=O)NC(=S)N(c3ccc(Oc4ccccc4)cc3)C2=O)c1. The first-order valence-electron chi connectivity index (χ1n) is 9.82. The number of rotatable bonds is 5. The third-order valence-electron chi connectivity index (χ3n) is 4.81. The van der Waals surface area contributed by atoms with Gasteiger partial charge in [0.15, 0.2) is 5.11 Å². The lowest BCUT2D eigenvalue weighted by Gasteiger charge is -2.29. The molecule has 1 fully saturated rings. The van der Waals surface area contributed by atoms with Crippen molar-refractivity contribution >= 4 is 46.6 Å². The number of nitrogens with one attached hydrogen (secondary N) is 2. The summed E-state index contributed by atoms with van der Waals surface area (Å²) in [6.45, 7) is 1.68. The first-order chi connectivity index (χ1) is 15.4. The molecule has 0 saturated carbocycles.